The number of ether oxygens (including phenoxy) is 1. The summed E-state index contributed by atoms with van der Waals surface area (Å²) in [4.78, 5) is 47.3. The van der Waals surface area contributed by atoms with Crippen molar-refractivity contribution in [1.29, 1.82) is 0 Å². The maximum absolute atomic E-state index is 13.9. The molecule has 1 atom stereocenters. The Morgan fingerprint density at radius 3 is 2.71 bits per heavy atom. The molecule has 38 heavy (non-hydrogen) atoms. The quantitative estimate of drug-likeness (QED) is 0.163. The molecule has 0 unspecified atom stereocenters. The van der Waals surface area contributed by atoms with Crippen LogP contribution < -0.4 is 10.9 Å². The molecule has 1 aliphatic rings. The van der Waals surface area contributed by atoms with Gasteiger partial charge in [-0.05, 0) is 69.2 Å². The second kappa shape index (κ2) is 11.0. The Balaban J connectivity index is 1.47. The van der Waals surface area contributed by atoms with Gasteiger partial charge in [-0.3, -0.25) is 14.2 Å². The van der Waals surface area contributed by atoms with E-state index >= 15 is 0 Å². The van der Waals surface area contributed by atoms with Crippen LogP contribution in [0.15, 0.2) is 40.3 Å². The second-order valence-corrected chi connectivity index (χ2v) is 12.7. The van der Waals surface area contributed by atoms with Crippen LogP contribution in [0.5, 0.6) is 0 Å². The highest BCUT2D eigenvalue weighted by Crippen LogP contribution is 2.37. The number of thioether (sulfide) groups is 1. The third-order valence-electron chi connectivity index (χ3n) is 6.76. The lowest BCUT2D eigenvalue weighted by Gasteiger charge is -2.17. The second-order valence-electron chi connectivity index (χ2n) is 9.45. The van der Waals surface area contributed by atoms with E-state index in [2.05, 4.69) is 12.2 Å². The Hall–Kier alpha value is -2.95. The molecule has 3 heterocycles. The van der Waals surface area contributed by atoms with Crippen LogP contribution >= 0.6 is 34.4 Å². The number of hydrogen-bond acceptors (Lipinski definition) is 8. The van der Waals surface area contributed by atoms with Gasteiger partial charge in [-0.25, -0.2) is 9.78 Å². The molecule has 10 heteroatoms. The maximum atomic E-state index is 13.9. The highest BCUT2D eigenvalue weighted by molar-refractivity contribution is 7.99. The van der Waals surface area contributed by atoms with Crippen molar-refractivity contribution >= 4 is 61.5 Å². The standard InChI is InChI=1S/C28H29N3O4S3/c1-5-35-27(34)22-16(3)17(4)37-24(22)29-21(32)14-36-28-30-25-23(19-12-11-15(2)13-20(19)38-25)26(33)31(28)18-9-7-6-8-10-18/h6-10,15H,5,11-14H2,1-4H3,(H,29,32)/t15-/m1/s1. The number of amides is 1. The van der Waals surface area contributed by atoms with Gasteiger partial charge in [0.05, 0.1) is 29.0 Å². The molecule has 0 aliphatic heterocycles. The van der Waals surface area contributed by atoms with Crippen LogP contribution in [0.2, 0.25) is 0 Å². The van der Waals surface area contributed by atoms with Crippen molar-refractivity contribution in [1.82, 2.24) is 9.55 Å². The van der Waals surface area contributed by atoms with E-state index < -0.39 is 5.97 Å². The number of nitrogens with one attached hydrogen (secondary N) is 1. The molecule has 4 aromatic rings. The van der Waals surface area contributed by atoms with Crippen molar-refractivity contribution in [3.05, 3.63) is 67.1 Å². The van der Waals surface area contributed by atoms with E-state index in [1.54, 1.807) is 22.8 Å². The number of esters is 1. The third-order valence-corrected chi connectivity index (χ3v) is 9.97. The summed E-state index contributed by atoms with van der Waals surface area (Å²) in [5.74, 6) is -0.104. The molecule has 0 bridgehead atoms. The summed E-state index contributed by atoms with van der Waals surface area (Å²) in [6.07, 6.45) is 2.92. The molecule has 198 valence electrons. The Bertz CT molecular complexity index is 1590. The average molecular weight is 568 g/mol. The summed E-state index contributed by atoms with van der Waals surface area (Å²) in [6.45, 7) is 8.01. The summed E-state index contributed by atoms with van der Waals surface area (Å²) >= 11 is 4.17. The molecule has 1 aromatic carbocycles. The van der Waals surface area contributed by atoms with Gasteiger partial charge in [-0.2, -0.15) is 0 Å². The number of carbonyl (C=O) groups excluding carboxylic acids is 2. The molecule has 0 radical (unpaired) electrons. The largest absolute Gasteiger partial charge is 0.462 e. The number of rotatable bonds is 7. The summed E-state index contributed by atoms with van der Waals surface area (Å²) < 4.78 is 6.82. The number of benzene rings is 1. The fourth-order valence-electron chi connectivity index (χ4n) is 4.73. The molecule has 1 aliphatic carbocycles. The zero-order chi connectivity index (χ0) is 27.0. The number of hydrogen-bond donors (Lipinski definition) is 1. The Labute approximate surface area is 233 Å². The number of nitrogens with zero attached hydrogens (tertiary/aromatic N) is 2. The van der Waals surface area contributed by atoms with Gasteiger partial charge in [0, 0.05) is 9.75 Å². The topological polar surface area (TPSA) is 90.3 Å². The van der Waals surface area contributed by atoms with E-state index in [1.807, 2.05) is 44.2 Å². The van der Waals surface area contributed by atoms with E-state index in [-0.39, 0.29) is 23.8 Å². The number of thiophene rings is 2. The monoisotopic (exact) mass is 567 g/mol. The normalized spacial score (nSPS) is 14.9. The molecular formula is C28H29N3O4S3. The summed E-state index contributed by atoms with van der Waals surface area (Å²) in [5.41, 5.74) is 2.96. The SMILES string of the molecule is CCOC(=O)c1c(NC(=O)CSc2nc3sc4c(c3c(=O)n2-c2ccccc2)CC[C@@H](C)C4)sc(C)c1C. The fourth-order valence-corrected chi connectivity index (χ4v) is 8.03. The average Bonchev–Trinajstić information content (AvgIpc) is 3.38. The first-order chi connectivity index (χ1) is 18.3. The van der Waals surface area contributed by atoms with Gasteiger partial charge in [0.2, 0.25) is 5.91 Å². The van der Waals surface area contributed by atoms with Gasteiger partial charge >= 0.3 is 5.97 Å². The molecule has 3 aromatic heterocycles. The summed E-state index contributed by atoms with van der Waals surface area (Å²) in [7, 11) is 0. The molecule has 0 saturated carbocycles. The summed E-state index contributed by atoms with van der Waals surface area (Å²) in [6, 6.07) is 9.43. The molecular weight excluding hydrogens is 539 g/mol. The molecule has 1 N–H and O–H groups in total. The van der Waals surface area contributed by atoms with Crippen LogP contribution in [0.1, 0.15) is 51.5 Å². The van der Waals surface area contributed by atoms with Crippen molar-refractivity contribution < 1.29 is 14.3 Å². The minimum Gasteiger partial charge on any atom is -0.462 e. The lowest BCUT2D eigenvalue weighted by Crippen LogP contribution is -2.23. The van der Waals surface area contributed by atoms with Crippen molar-refractivity contribution in [2.45, 2.75) is 52.1 Å². The number of carbonyl (C=O) groups is 2. The predicted molar refractivity (Wildman–Crippen MR) is 156 cm³/mol. The van der Waals surface area contributed by atoms with Crippen LogP contribution in [0.25, 0.3) is 15.9 Å². The van der Waals surface area contributed by atoms with Crippen molar-refractivity contribution in [3.63, 3.8) is 0 Å². The Morgan fingerprint density at radius 1 is 1.21 bits per heavy atom. The van der Waals surface area contributed by atoms with Crippen molar-refractivity contribution in [3.8, 4) is 5.69 Å². The lowest BCUT2D eigenvalue weighted by atomic mass is 9.89. The van der Waals surface area contributed by atoms with Crippen molar-refractivity contribution in [2.24, 2.45) is 5.92 Å². The molecule has 0 saturated heterocycles. The number of fused-ring (bicyclic) bond motifs is 3. The minimum absolute atomic E-state index is 0.0329. The maximum Gasteiger partial charge on any atom is 0.341 e. The van der Waals surface area contributed by atoms with Crippen molar-refractivity contribution in [2.75, 3.05) is 17.7 Å². The highest BCUT2D eigenvalue weighted by Gasteiger charge is 2.26. The highest BCUT2D eigenvalue weighted by atomic mass is 32.2. The zero-order valence-electron chi connectivity index (χ0n) is 21.8. The van der Waals surface area contributed by atoms with E-state index in [1.165, 1.54) is 28.0 Å². The van der Waals surface area contributed by atoms with E-state index in [0.717, 1.165) is 40.1 Å². The summed E-state index contributed by atoms with van der Waals surface area (Å²) in [5, 5.41) is 4.54. The van der Waals surface area contributed by atoms with Gasteiger partial charge in [0.1, 0.15) is 9.83 Å². The fraction of sp³-hybridized carbons (Fsp3) is 0.357. The molecule has 0 spiro atoms. The minimum atomic E-state index is -0.446. The molecule has 1 amide bonds. The Kier molecular flexibility index (Phi) is 7.74. The van der Waals surface area contributed by atoms with Crippen LogP contribution in [-0.2, 0) is 22.4 Å². The lowest BCUT2D eigenvalue weighted by molar-refractivity contribution is -0.113. The molecule has 5 rings (SSSR count). The van der Waals surface area contributed by atoms with Crippen LogP contribution in [0, 0.1) is 19.8 Å². The number of para-hydroxylation sites is 1. The Morgan fingerprint density at radius 2 is 1.97 bits per heavy atom. The van der Waals surface area contributed by atoms with Crippen LogP contribution in [0.4, 0.5) is 5.00 Å². The molecule has 0 fully saturated rings. The van der Waals surface area contributed by atoms with E-state index in [9.17, 15) is 14.4 Å². The van der Waals surface area contributed by atoms with Gasteiger partial charge < -0.3 is 10.1 Å². The first-order valence-corrected chi connectivity index (χ1v) is 15.2. The van der Waals surface area contributed by atoms with Gasteiger partial charge in [-0.15, -0.1) is 22.7 Å². The first-order valence-electron chi connectivity index (χ1n) is 12.6. The van der Waals surface area contributed by atoms with Gasteiger partial charge in [-0.1, -0.05) is 36.9 Å². The number of aryl methyl sites for hydroxylation is 2. The van der Waals surface area contributed by atoms with Crippen LogP contribution in [-0.4, -0.2) is 33.8 Å². The number of aromatic nitrogens is 2. The third kappa shape index (κ3) is 5.04. The first kappa shape index (κ1) is 26.6. The van der Waals surface area contributed by atoms with Crippen LogP contribution in [0.3, 0.4) is 0 Å². The van der Waals surface area contributed by atoms with E-state index in [0.29, 0.717) is 32.7 Å². The zero-order valence-corrected chi connectivity index (χ0v) is 24.2. The van der Waals surface area contributed by atoms with Gasteiger partial charge in [0.15, 0.2) is 5.16 Å². The van der Waals surface area contributed by atoms with E-state index in [4.69, 9.17) is 9.72 Å². The number of anilines is 1. The van der Waals surface area contributed by atoms with Gasteiger partial charge in [0.25, 0.3) is 5.56 Å². The smallest absolute Gasteiger partial charge is 0.341 e. The predicted octanol–water partition coefficient (Wildman–Crippen LogP) is 6.16. The molecule has 7 nitrogen and oxygen atoms in total.